The quantitative estimate of drug-likeness (QED) is 0.551. The van der Waals surface area contributed by atoms with Gasteiger partial charge in [0.2, 0.25) is 21.7 Å². The van der Waals surface area contributed by atoms with E-state index in [0.717, 1.165) is 6.26 Å². The minimum atomic E-state index is -3.35. The first-order valence-corrected chi connectivity index (χ1v) is 11.0. The molecule has 0 fully saturated rings. The number of benzene rings is 2. The predicted molar refractivity (Wildman–Crippen MR) is 117 cm³/mol. The number of nitrogens with zero attached hydrogens (tertiary/aromatic N) is 3. The van der Waals surface area contributed by atoms with Crippen molar-refractivity contribution in [2.45, 2.75) is 6.54 Å². The Labute approximate surface area is 178 Å². The zero-order valence-corrected chi connectivity index (χ0v) is 18.0. The standard InChI is InChI=1S/C18H18ClN5O3S2/c1-24(29(2,25)26)13-7-5-6-12(10-13)21-18(28)20-11-16-22-17(23-27-16)14-8-3-4-9-15(14)19/h3-10H,11H2,1-2H3,(H2,20,21,28). The predicted octanol–water partition coefficient (Wildman–Crippen LogP) is 3.27. The number of hydrogen-bond donors (Lipinski definition) is 2. The topological polar surface area (TPSA) is 100 Å². The van der Waals surface area contributed by atoms with Gasteiger partial charge in [-0.1, -0.05) is 35.0 Å². The maximum atomic E-state index is 11.7. The van der Waals surface area contributed by atoms with Crippen molar-refractivity contribution in [3.05, 3.63) is 59.4 Å². The fraction of sp³-hybridized carbons (Fsp3) is 0.167. The van der Waals surface area contributed by atoms with Crippen LogP contribution >= 0.6 is 23.8 Å². The Morgan fingerprint density at radius 3 is 2.72 bits per heavy atom. The third kappa shape index (κ3) is 5.43. The van der Waals surface area contributed by atoms with Gasteiger partial charge in [-0.3, -0.25) is 4.31 Å². The molecule has 152 valence electrons. The number of sulfonamides is 1. The smallest absolute Gasteiger partial charge is 0.246 e. The average Bonchev–Trinajstić information content (AvgIpc) is 3.14. The van der Waals surface area contributed by atoms with Crippen molar-refractivity contribution in [3.63, 3.8) is 0 Å². The lowest BCUT2D eigenvalue weighted by Gasteiger charge is -2.18. The maximum Gasteiger partial charge on any atom is 0.246 e. The molecule has 1 heterocycles. The summed E-state index contributed by atoms with van der Waals surface area (Å²) in [7, 11) is -1.87. The van der Waals surface area contributed by atoms with E-state index in [2.05, 4.69) is 20.8 Å². The summed E-state index contributed by atoms with van der Waals surface area (Å²) in [6.45, 7) is 0.215. The Bertz CT molecular complexity index is 1130. The van der Waals surface area contributed by atoms with Crippen LogP contribution in [0.25, 0.3) is 11.4 Å². The molecule has 2 aromatic carbocycles. The third-order valence-electron chi connectivity index (χ3n) is 3.95. The molecule has 0 aliphatic heterocycles. The van der Waals surface area contributed by atoms with Crippen LogP contribution in [0.4, 0.5) is 11.4 Å². The van der Waals surface area contributed by atoms with Crippen LogP contribution in [0.3, 0.4) is 0 Å². The molecule has 0 saturated heterocycles. The molecule has 0 bridgehead atoms. The largest absolute Gasteiger partial charge is 0.353 e. The number of thiocarbonyl (C=S) groups is 1. The third-order valence-corrected chi connectivity index (χ3v) is 5.73. The van der Waals surface area contributed by atoms with Gasteiger partial charge in [-0.2, -0.15) is 4.98 Å². The van der Waals surface area contributed by atoms with E-state index < -0.39 is 10.0 Å². The van der Waals surface area contributed by atoms with Gasteiger partial charge in [0, 0.05) is 18.3 Å². The van der Waals surface area contributed by atoms with E-state index >= 15 is 0 Å². The van der Waals surface area contributed by atoms with E-state index in [1.807, 2.05) is 12.1 Å². The number of aromatic nitrogens is 2. The number of nitrogens with one attached hydrogen (secondary N) is 2. The second-order valence-corrected chi connectivity index (χ2v) is 8.91. The highest BCUT2D eigenvalue weighted by Gasteiger charge is 2.13. The lowest BCUT2D eigenvalue weighted by Crippen LogP contribution is -2.28. The summed E-state index contributed by atoms with van der Waals surface area (Å²) in [6, 6.07) is 14.1. The Balaban J connectivity index is 1.61. The van der Waals surface area contributed by atoms with Crippen LogP contribution < -0.4 is 14.9 Å². The van der Waals surface area contributed by atoms with Gasteiger partial charge in [0.1, 0.15) is 0 Å². The minimum absolute atomic E-state index is 0.215. The molecule has 29 heavy (non-hydrogen) atoms. The van der Waals surface area contributed by atoms with Gasteiger partial charge in [0.05, 0.1) is 23.5 Å². The monoisotopic (exact) mass is 451 g/mol. The van der Waals surface area contributed by atoms with Crippen molar-refractivity contribution in [2.75, 3.05) is 22.9 Å². The number of halogens is 1. The van der Waals surface area contributed by atoms with Gasteiger partial charge in [0.25, 0.3) is 0 Å². The van der Waals surface area contributed by atoms with Crippen molar-refractivity contribution < 1.29 is 12.9 Å². The molecule has 0 radical (unpaired) electrons. The molecule has 0 aliphatic rings. The first-order valence-electron chi connectivity index (χ1n) is 8.40. The molecule has 0 atom stereocenters. The van der Waals surface area contributed by atoms with Gasteiger partial charge < -0.3 is 15.2 Å². The van der Waals surface area contributed by atoms with Crippen molar-refractivity contribution in [1.29, 1.82) is 0 Å². The Morgan fingerprint density at radius 2 is 2.00 bits per heavy atom. The van der Waals surface area contributed by atoms with E-state index in [0.29, 0.717) is 38.8 Å². The molecule has 11 heteroatoms. The summed E-state index contributed by atoms with van der Waals surface area (Å²) in [5.74, 6) is 0.734. The van der Waals surface area contributed by atoms with Gasteiger partial charge in [-0.15, -0.1) is 0 Å². The summed E-state index contributed by atoms with van der Waals surface area (Å²) < 4.78 is 29.8. The highest BCUT2D eigenvalue weighted by molar-refractivity contribution is 7.92. The van der Waals surface area contributed by atoms with E-state index in [9.17, 15) is 8.42 Å². The Kier molecular flexibility index (Phi) is 6.36. The summed E-state index contributed by atoms with van der Waals surface area (Å²) in [5.41, 5.74) is 1.83. The fourth-order valence-corrected chi connectivity index (χ4v) is 3.29. The molecule has 1 aromatic heterocycles. The molecular weight excluding hydrogens is 434 g/mol. The zero-order valence-electron chi connectivity index (χ0n) is 15.6. The molecule has 0 amide bonds. The minimum Gasteiger partial charge on any atom is -0.353 e. The van der Waals surface area contributed by atoms with Crippen LogP contribution in [0.1, 0.15) is 5.89 Å². The van der Waals surface area contributed by atoms with Crippen molar-refractivity contribution >= 4 is 50.3 Å². The average molecular weight is 452 g/mol. The van der Waals surface area contributed by atoms with E-state index in [1.54, 1.807) is 36.4 Å². The summed E-state index contributed by atoms with van der Waals surface area (Å²) in [6.07, 6.45) is 1.14. The Morgan fingerprint density at radius 1 is 1.24 bits per heavy atom. The summed E-state index contributed by atoms with van der Waals surface area (Å²) in [4.78, 5) is 4.30. The molecule has 8 nitrogen and oxygen atoms in total. The molecule has 0 saturated carbocycles. The normalized spacial score (nSPS) is 11.1. The number of hydrogen-bond acceptors (Lipinski definition) is 6. The van der Waals surface area contributed by atoms with Gasteiger partial charge >= 0.3 is 0 Å². The van der Waals surface area contributed by atoms with Crippen LogP contribution in [0, 0.1) is 0 Å². The first kappa shape index (κ1) is 21.0. The fourth-order valence-electron chi connectivity index (χ4n) is 2.38. The van der Waals surface area contributed by atoms with Crippen molar-refractivity contribution in [2.24, 2.45) is 0 Å². The number of rotatable bonds is 6. The molecule has 3 aromatic rings. The van der Waals surface area contributed by atoms with Crippen LogP contribution in [-0.4, -0.2) is 37.0 Å². The lowest BCUT2D eigenvalue weighted by molar-refractivity contribution is 0.376. The zero-order chi connectivity index (χ0) is 21.0. The molecule has 0 aliphatic carbocycles. The van der Waals surface area contributed by atoms with Crippen LogP contribution in [0.2, 0.25) is 5.02 Å². The Hall–Kier alpha value is -2.69. The van der Waals surface area contributed by atoms with Crippen molar-refractivity contribution in [1.82, 2.24) is 15.5 Å². The lowest BCUT2D eigenvalue weighted by atomic mass is 10.2. The summed E-state index contributed by atoms with van der Waals surface area (Å²) in [5, 5.41) is 10.7. The van der Waals surface area contributed by atoms with Gasteiger partial charge in [0.15, 0.2) is 5.11 Å². The highest BCUT2D eigenvalue weighted by atomic mass is 35.5. The van der Waals surface area contributed by atoms with E-state index in [1.165, 1.54) is 11.4 Å². The summed E-state index contributed by atoms with van der Waals surface area (Å²) >= 11 is 11.4. The van der Waals surface area contributed by atoms with Gasteiger partial charge in [-0.25, -0.2) is 8.42 Å². The van der Waals surface area contributed by atoms with Crippen molar-refractivity contribution in [3.8, 4) is 11.4 Å². The second-order valence-electron chi connectivity index (χ2n) is 6.08. The molecule has 3 rings (SSSR count). The second kappa shape index (κ2) is 8.76. The first-order chi connectivity index (χ1) is 13.7. The molecule has 2 N–H and O–H groups in total. The highest BCUT2D eigenvalue weighted by Crippen LogP contribution is 2.25. The van der Waals surface area contributed by atoms with Gasteiger partial charge in [-0.05, 0) is 42.5 Å². The number of anilines is 2. The van der Waals surface area contributed by atoms with Crippen LogP contribution in [-0.2, 0) is 16.6 Å². The molecular formula is C18H18ClN5O3S2. The molecule has 0 spiro atoms. The van der Waals surface area contributed by atoms with Crippen LogP contribution in [0.5, 0.6) is 0 Å². The SMILES string of the molecule is CN(c1cccc(NC(=S)NCc2nc(-c3ccccc3Cl)no2)c1)S(C)(=O)=O. The van der Waals surface area contributed by atoms with E-state index in [4.69, 9.17) is 28.3 Å². The van der Waals surface area contributed by atoms with Crippen LogP contribution in [0.15, 0.2) is 53.1 Å². The molecule has 0 unspecified atom stereocenters. The maximum absolute atomic E-state index is 11.7. The van der Waals surface area contributed by atoms with E-state index in [-0.39, 0.29) is 6.54 Å².